The van der Waals surface area contributed by atoms with Crippen LogP contribution >= 0.6 is 13.5 Å². The Morgan fingerprint density at radius 2 is 1.36 bits per heavy atom. The number of aromatic nitrogens is 6. The molecule has 1 atom stereocenters. The van der Waals surface area contributed by atoms with Gasteiger partial charge in [0.1, 0.15) is 40.8 Å². The average Bonchev–Trinajstić information content (AvgIpc) is 2.85. The van der Waals surface area contributed by atoms with Crippen LogP contribution in [-0.2, 0) is 42.7 Å². The van der Waals surface area contributed by atoms with Crippen molar-refractivity contribution in [2.45, 2.75) is 64.5 Å². The van der Waals surface area contributed by atoms with E-state index in [-0.39, 0.29) is 56.5 Å². The fraction of sp³-hybridized carbons (Fsp3) is 0.484. The Kier molecular flexibility index (Phi) is 27.7. The summed E-state index contributed by atoms with van der Waals surface area (Å²) in [6.07, 6.45) is 12.4. The molecule has 6 aromatic rings. The maximum atomic E-state index is 13.2. The van der Waals surface area contributed by atoms with Crippen LogP contribution in [0.25, 0.3) is 22.3 Å². The molecule has 1 unspecified atom stereocenters. The molecular weight excluding hydrogens is 1140 g/mol. The lowest BCUT2D eigenvalue weighted by Gasteiger charge is -2.37. The normalized spacial score (nSPS) is 15.1. The minimum Gasteiger partial charge on any atom is -0.495 e. The van der Waals surface area contributed by atoms with Gasteiger partial charge in [-0.2, -0.15) is 23.6 Å². The first kappa shape index (κ1) is 67.0. The first-order chi connectivity index (χ1) is 42.2. The summed E-state index contributed by atoms with van der Waals surface area (Å²) in [6, 6.07) is 22.6. The van der Waals surface area contributed by atoms with Gasteiger partial charge in [0.05, 0.1) is 129 Å². The average molecular weight is 1220 g/mol. The van der Waals surface area contributed by atoms with Crippen molar-refractivity contribution in [3.05, 3.63) is 103 Å². The predicted molar refractivity (Wildman–Crippen MR) is 337 cm³/mol. The van der Waals surface area contributed by atoms with Gasteiger partial charge in [-0.15, -0.1) is 0 Å². The molecule has 0 spiro atoms. The van der Waals surface area contributed by atoms with Crippen molar-refractivity contribution in [3.8, 4) is 28.5 Å². The van der Waals surface area contributed by atoms with Gasteiger partial charge in [0.25, 0.3) is 5.91 Å². The number of rotatable bonds is 33. The van der Waals surface area contributed by atoms with Crippen LogP contribution in [0.2, 0.25) is 0 Å². The minimum atomic E-state index is -0.264. The van der Waals surface area contributed by atoms with E-state index in [2.05, 4.69) is 30.5 Å². The number of para-hydroxylation sites is 1. The number of anilines is 5. The first-order valence-electron chi connectivity index (χ1n) is 29.7. The number of ether oxygens (including phenoxy) is 9. The molecule has 5 heterocycles. The third-order valence-corrected chi connectivity index (χ3v) is 14.5. The Morgan fingerprint density at radius 1 is 0.736 bits per heavy atom. The summed E-state index contributed by atoms with van der Waals surface area (Å²) in [4.78, 5) is 62.6. The van der Waals surface area contributed by atoms with E-state index in [9.17, 15) is 14.4 Å². The Bertz CT molecular complexity index is 3100. The molecule has 0 bridgehead atoms. The van der Waals surface area contributed by atoms with Crippen molar-refractivity contribution < 1.29 is 57.0 Å². The van der Waals surface area contributed by atoms with E-state index in [1.54, 1.807) is 48.5 Å². The largest absolute Gasteiger partial charge is 0.495 e. The number of nitrogens with one attached hydrogen (secondary N) is 2. The van der Waals surface area contributed by atoms with E-state index in [0.717, 1.165) is 55.7 Å². The van der Waals surface area contributed by atoms with E-state index < -0.39 is 0 Å². The van der Waals surface area contributed by atoms with E-state index in [1.165, 1.54) is 13.4 Å². The number of hydrogen-bond donors (Lipinski definition) is 3. The van der Waals surface area contributed by atoms with Gasteiger partial charge < -0.3 is 73.7 Å². The van der Waals surface area contributed by atoms with Crippen LogP contribution in [0.15, 0.2) is 97.5 Å². The zero-order chi connectivity index (χ0) is 60.3. The Morgan fingerprint density at radius 3 is 2.01 bits per heavy atom. The van der Waals surface area contributed by atoms with Crippen LogP contribution in [-0.4, -0.2) is 191 Å². The molecule has 25 heteroatoms. The molecule has 87 heavy (non-hydrogen) atoms. The van der Waals surface area contributed by atoms with Gasteiger partial charge in [-0.05, 0) is 80.3 Å². The highest BCUT2D eigenvalue weighted by Crippen LogP contribution is 2.38. The molecule has 2 fully saturated rings. The molecule has 3 aromatic heterocycles. The fourth-order valence-corrected chi connectivity index (χ4v) is 10.1. The molecule has 470 valence electrons. The lowest BCUT2D eigenvalue weighted by Crippen LogP contribution is -2.48. The summed E-state index contributed by atoms with van der Waals surface area (Å²) in [5.41, 5.74) is 10.3. The molecule has 3 aromatic carbocycles. The fourth-order valence-electron chi connectivity index (χ4n) is 10.1. The van der Waals surface area contributed by atoms with Crippen LogP contribution in [0.4, 0.5) is 29.0 Å². The molecule has 4 N–H and O–H groups in total. The number of carbonyl (C=O) groups is 3. The Labute approximate surface area is 515 Å². The van der Waals surface area contributed by atoms with E-state index in [4.69, 9.17) is 58.4 Å². The van der Waals surface area contributed by atoms with Gasteiger partial charge in [-0.25, -0.2) is 19.6 Å². The van der Waals surface area contributed by atoms with E-state index in [0.29, 0.717) is 162 Å². The van der Waals surface area contributed by atoms with Crippen LogP contribution in [0.3, 0.4) is 0 Å². The topological polar surface area (TPSA) is 263 Å². The van der Waals surface area contributed by atoms with Crippen LogP contribution < -0.4 is 35.6 Å². The Balaban J connectivity index is 0.00000357. The number of hydrogen-bond acceptors (Lipinski definition) is 20. The van der Waals surface area contributed by atoms with Gasteiger partial charge >= 0.3 is 0 Å². The second-order valence-corrected chi connectivity index (χ2v) is 20.1. The summed E-state index contributed by atoms with van der Waals surface area (Å²) in [6.45, 7) is 11.3. The van der Waals surface area contributed by atoms with Crippen molar-refractivity contribution in [1.82, 2.24) is 39.9 Å². The highest BCUT2D eigenvalue weighted by atomic mass is 32.1. The maximum absolute atomic E-state index is 13.2. The molecule has 3 amide bonds. The number of likely N-dealkylation sites (tertiary alicyclic amines) is 1. The molecule has 9 rings (SSSR count). The number of likely N-dealkylation sites (N-methyl/N-ethyl adjacent to an activating group) is 1. The van der Waals surface area contributed by atoms with Gasteiger partial charge in [0, 0.05) is 49.9 Å². The number of methoxy groups -OCH3 is 1. The molecule has 0 radical (unpaired) electrons. The number of piperidine rings is 1. The van der Waals surface area contributed by atoms with Gasteiger partial charge in [-0.1, -0.05) is 51.0 Å². The summed E-state index contributed by atoms with van der Waals surface area (Å²) >= 11 is 0. The Hall–Kier alpha value is -7.49. The van der Waals surface area contributed by atoms with Gasteiger partial charge in [0.15, 0.2) is 11.5 Å². The van der Waals surface area contributed by atoms with Crippen molar-refractivity contribution in [1.29, 1.82) is 0 Å². The lowest BCUT2D eigenvalue weighted by atomic mass is 10.1. The molecule has 2 aliphatic heterocycles. The van der Waals surface area contributed by atoms with E-state index in [1.807, 2.05) is 78.0 Å². The van der Waals surface area contributed by atoms with Gasteiger partial charge in [-0.3, -0.25) is 14.4 Å². The van der Waals surface area contributed by atoms with E-state index >= 15 is 0 Å². The molecule has 1 aliphatic carbocycles. The standard InChI is InChI=1S/C60H76N12O12.C2H6.H2S/c1-69-50-39-63-60(67-57(50)71(41-53(69)74)45-10-6-7-11-45)66-49-21-18-44(38-51(49)76-2)59(75)62-22-25-78-27-29-80-31-33-82-35-37-83-36-34-81-32-30-79-28-26-77-24-9-15-52(73)70-23-8-12-46(40-70)72-58-54(56(61)64-42-65-58)55(68-72)43-16-19-48(20-17-43)84-47-13-4-3-5-14-47;1-2;/h3-5,9,13-21,38-39,42,45-46H,6-8,10-12,22-37,40-41H2,1-2H3,(H,62,75)(H2,61,64,65)(H,63,66,67);1-2H3;1H2/b15-9+;;. The number of amides is 3. The number of nitrogens with two attached hydrogens (primary N) is 1. The third kappa shape index (κ3) is 19.5. The second-order valence-electron chi connectivity index (χ2n) is 20.1. The molecule has 1 saturated heterocycles. The summed E-state index contributed by atoms with van der Waals surface area (Å²) in [5, 5.41) is 11.8. The number of carbonyl (C=O) groups excluding carboxylic acids is 3. The number of nitrogens with zero attached hydrogens (tertiary/aromatic N) is 9. The minimum absolute atomic E-state index is 0. The zero-order valence-electron chi connectivity index (χ0n) is 50.4. The molecular formula is C62H84N12O12S. The van der Waals surface area contributed by atoms with Crippen molar-refractivity contribution in [2.75, 3.05) is 154 Å². The molecule has 24 nitrogen and oxygen atoms in total. The smallest absolute Gasteiger partial charge is 0.251 e. The monoisotopic (exact) mass is 1220 g/mol. The highest BCUT2D eigenvalue weighted by Gasteiger charge is 2.35. The quantitative estimate of drug-likeness (QED) is 0.0265. The zero-order valence-corrected chi connectivity index (χ0v) is 51.4. The van der Waals surface area contributed by atoms with Gasteiger partial charge in [0.2, 0.25) is 17.8 Å². The van der Waals surface area contributed by atoms with Crippen molar-refractivity contribution in [2.24, 2.45) is 0 Å². The predicted octanol–water partition coefficient (Wildman–Crippen LogP) is 7.54. The summed E-state index contributed by atoms with van der Waals surface area (Å²) in [5.74, 6) is 3.01. The molecule has 1 saturated carbocycles. The van der Waals surface area contributed by atoms with Crippen LogP contribution in [0.1, 0.15) is 68.8 Å². The second kappa shape index (κ2) is 36.0. The van der Waals surface area contributed by atoms with Crippen molar-refractivity contribution >= 4 is 71.2 Å². The summed E-state index contributed by atoms with van der Waals surface area (Å²) < 4.78 is 52.7. The lowest BCUT2D eigenvalue weighted by molar-refractivity contribution is -0.127. The summed E-state index contributed by atoms with van der Waals surface area (Å²) in [7, 11) is 3.28. The first-order valence-corrected chi connectivity index (χ1v) is 29.7. The number of fused-ring (bicyclic) bond motifs is 2. The van der Waals surface area contributed by atoms with Crippen LogP contribution in [0.5, 0.6) is 17.2 Å². The third-order valence-electron chi connectivity index (χ3n) is 14.5. The number of nitrogen functional groups attached to an aromatic ring is 1. The SMILES string of the molecule is CC.COc1cc(C(=O)NCCOCCOCCOCCOCCOCCOCCOC/C=C/C(=O)N2CCCC(n3nc(-c4ccc(Oc5ccccc5)cc4)c4c(N)ncnc43)C2)ccc1Nc1ncc2c(n1)N(C1CCCC1)CC(=O)N2C.S. The highest BCUT2D eigenvalue weighted by molar-refractivity contribution is 7.59. The van der Waals surface area contributed by atoms with Crippen LogP contribution in [0, 0.1) is 0 Å². The molecule has 3 aliphatic rings. The maximum Gasteiger partial charge on any atom is 0.251 e. The van der Waals surface area contributed by atoms with Crippen molar-refractivity contribution in [3.63, 3.8) is 0 Å². The number of benzene rings is 3.